The summed E-state index contributed by atoms with van der Waals surface area (Å²) in [4.78, 5) is 0. The molecule has 1 aliphatic carbocycles. The number of rotatable bonds is 7. The molecule has 24 heavy (non-hydrogen) atoms. The van der Waals surface area contributed by atoms with E-state index in [1.54, 1.807) is 24.3 Å². The standard InChI is InChI=1S/C18H24F4O2/c1-13-2-4-15(5-3-13)12-24-16-8-6-14(7-9-16)10-11-23-17(19)18(20,21)22/h6-9,13,15,17H,2-5,10-12H2,1H3. The highest BCUT2D eigenvalue weighted by Crippen LogP contribution is 2.29. The normalized spacial score (nSPS) is 23.0. The molecule has 0 aromatic heterocycles. The highest BCUT2D eigenvalue weighted by Gasteiger charge is 2.41. The monoisotopic (exact) mass is 348 g/mol. The molecule has 136 valence electrons. The fourth-order valence-electron chi connectivity index (χ4n) is 2.84. The molecule has 1 aromatic carbocycles. The summed E-state index contributed by atoms with van der Waals surface area (Å²) in [5.74, 6) is 2.15. The summed E-state index contributed by atoms with van der Waals surface area (Å²) in [7, 11) is 0. The van der Waals surface area contributed by atoms with E-state index in [9.17, 15) is 17.6 Å². The number of benzene rings is 1. The summed E-state index contributed by atoms with van der Waals surface area (Å²) in [6.45, 7) is 2.66. The minimum absolute atomic E-state index is 0.220. The van der Waals surface area contributed by atoms with Gasteiger partial charge >= 0.3 is 6.18 Å². The van der Waals surface area contributed by atoms with Gasteiger partial charge in [0.25, 0.3) is 6.36 Å². The third-order valence-electron chi connectivity index (χ3n) is 4.46. The van der Waals surface area contributed by atoms with Gasteiger partial charge in [0.15, 0.2) is 0 Å². The van der Waals surface area contributed by atoms with E-state index in [2.05, 4.69) is 11.7 Å². The van der Waals surface area contributed by atoms with Crippen molar-refractivity contribution in [2.75, 3.05) is 13.2 Å². The molecule has 0 spiro atoms. The predicted octanol–water partition coefficient (Wildman–Crippen LogP) is 5.31. The van der Waals surface area contributed by atoms with Crippen LogP contribution in [0.25, 0.3) is 0 Å². The van der Waals surface area contributed by atoms with Gasteiger partial charge in [-0.1, -0.05) is 31.9 Å². The second-order valence-corrected chi connectivity index (χ2v) is 6.56. The largest absolute Gasteiger partial charge is 0.493 e. The average Bonchev–Trinajstić information content (AvgIpc) is 2.54. The van der Waals surface area contributed by atoms with Gasteiger partial charge in [-0.15, -0.1) is 0 Å². The maximum atomic E-state index is 12.6. The van der Waals surface area contributed by atoms with Crippen molar-refractivity contribution < 1.29 is 27.0 Å². The zero-order valence-electron chi connectivity index (χ0n) is 13.8. The second-order valence-electron chi connectivity index (χ2n) is 6.56. The Morgan fingerprint density at radius 1 is 1.08 bits per heavy atom. The zero-order chi connectivity index (χ0) is 17.6. The van der Waals surface area contributed by atoms with Crippen molar-refractivity contribution in [3.63, 3.8) is 0 Å². The third kappa shape index (κ3) is 6.30. The Labute approximate surface area is 140 Å². The zero-order valence-corrected chi connectivity index (χ0v) is 13.8. The van der Waals surface area contributed by atoms with Crippen LogP contribution in [0.2, 0.25) is 0 Å². The number of hydrogen-bond donors (Lipinski definition) is 0. The van der Waals surface area contributed by atoms with E-state index in [-0.39, 0.29) is 13.0 Å². The molecule has 1 fully saturated rings. The van der Waals surface area contributed by atoms with Gasteiger partial charge in [-0.2, -0.15) is 13.2 Å². The predicted molar refractivity (Wildman–Crippen MR) is 83.7 cm³/mol. The van der Waals surface area contributed by atoms with Crippen molar-refractivity contribution in [3.8, 4) is 5.75 Å². The van der Waals surface area contributed by atoms with Crippen LogP contribution in [-0.4, -0.2) is 25.7 Å². The molecule has 1 aromatic rings. The topological polar surface area (TPSA) is 18.5 Å². The minimum atomic E-state index is -4.96. The van der Waals surface area contributed by atoms with Gasteiger partial charge in [-0.3, -0.25) is 0 Å². The van der Waals surface area contributed by atoms with Crippen LogP contribution in [0.5, 0.6) is 5.75 Å². The SMILES string of the molecule is CC1CCC(COc2ccc(CCOC(F)C(F)(F)F)cc2)CC1. The minimum Gasteiger partial charge on any atom is -0.493 e. The van der Waals surface area contributed by atoms with Crippen LogP contribution in [0.4, 0.5) is 17.6 Å². The summed E-state index contributed by atoms with van der Waals surface area (Å²) < 4.78 is 58.5. The summed E-state index contributed by atoms with van der Waals surface area (Å²) >= 11 is 0. The lowest BCUT2D eigenvalue weighted by Gasteiger charge is -2.26. The molecule has 0 radical (unpaired) electrons. The van der Waals surface area contributed by atoms with Gasteiger partial charge in [0, 0.05) is 0 Å². The molecular formula is C18H24F4O2. The van der Waals surface area contributed by atoms with E-state index < -0.39 is 12.5 Å². The fourth-order valence-corrected chi connectivity index (χ4v) is 2.84. The summed E-state index contributed by atoms with van der Waals surface area (Å²) in [6, 6.07) is 7.11. The molecule has 6 heteroatoms. The summed E-state index contributed by atoms with van der Waals surface area (Å²) in [5, 5.41) is 0. The molecule has 0 bridgehead atoms. The maximum absolute atomic E-state index is 12.6. The Morgan fingerprint density at radius 2 is 1.71 bits per heavy atom. The molecule has 0 N–H and O–H groups in total. The van der Waals surface area contributed by atoms with Crippen LogP contribution in [0.3, 0.4) is 0 Å². The molecule has 0 saturated heterocycles. The van der Waals surface area contributed by atoms with Crippen molar-refractivity contribution in [1.29, 1.82) is 0 Å². The smallest absolute Gasteiger partial charge is 0.445 e. The second kappa shape index (κ2) is 8.70. The van der Waals surface area contributed by atoms with Crippen LogP contribution in [0.15, 0.2) is 24.3 Å². The van der Waals surface area contributed by atoms with Crippen molar-refractivity contribution in [3.05, 3.63) is 29.8 Å². The van der Waals surface area contributed by atoms with Crippen LogP contribution < -0.4 is 4.74 Å². The molecule has 1 aliphatic rings. The van der Waals surface area contributed by atoms with Crippen LogP contribution in [-0.2, 0) is 11.2 Å². The summed E-state index contributed by atoms with van der Waals surface area (Å²) in [6.07, 6.45) is -3.08. The lowest BCUT2D eigenvalue weighted by molar-refractivity contribution is -0.264. The van der Waals surface area contributed by atoms with E-state index in [1.165, 1.54) is 25.7 Å². The molecule has 0 heterocycles. The van der Waals surface area contributed by atoms with E-state index in [0.717, 1.165) is 17.2 Å². The first kappa shape index (κ1) is 19.0. The molecule has 1 atom stereocenters. The lowest BCUT2D eigenvalue weighted by atomic mass is 9.83. The molecule has 0 aliphatic heterocycles. The molecular weight excluding hydrogens is 324 g/mol. The van der Waals surface area contributed by atoms with Gasteiger partial charge < -0.3 is 9.47 Å². The maximum Gasteiger partial charge on any atom is 0.445 e. The van der Waals surface area contributed by atoms with Crippen LogP contribution in [0, 0.1) is 11.8 Å². The Hall–Kier alpha value is -1.30. The number of halogens is 4. The highest BCUT2D eigenvalue weighted by atomic mass is 19.4. The van der Waals surface area contributed by atoms with Gasteiger partial charge in [0.1, 0.15) is 5.75 Å². The lowest BCUT2D eigenvalue weighted by Crippen LogP contribution is -2.27. The first-order valence-corrected chi connectivity index (χ1v) is 8.38. The van der Waals surface area contributed by atoms with Crippen molar-refractivity contribution in [1.82, 2.24) is 0 Å². The first-order chi connectivity index (χ1) is 11.3. The molecule has 1 saturated carbocycles. The number of alkyl halides is 4. The molecule has 0 amide bonds. The van der Waals surface area contributed by atoms with Gasteiger partial charge in [0.2, 0.25) is 0 Å². The van der Waals surface area contributed by atoms with Gasteiger partial charge in [-0.05, 0) is 48.8 Å². The van der Waals surface area contributed by atoms with E-state index in [1.807, 2.05) is 0 Å². The summed E-state index contributed by atoms with van der Waals surface area (Å²) in [5.41, 5.74) is 0.781. The van der Waals surface area contributed by atoms with E-state index in [4.69, 9.17) is 4.74 Å². The van der Waals surface area contributed by atoms with Crippen molar-refractivity contribution in [2.24, 2.45) is 11.8 Å². The molecule has 1 unspecified atom stereocenters. The van der Waals surface area contributed by atoms with Gasteiger partial charge in [0.05, 0.1) is 13.2 Å². The molecule has 2 rings (SSSR count). The number of hydrogen-bond acceptors (Lipinski definition) is 2. The number of ether oxygens (including phenoxy) is 2. The van der Waals surface area contributed by atoms with E-state index >= 15 is 0 Å². The van der Waals surface area contributed by atoms with Gasteiger partial charge in [-0.25, -0.2) is 4.39 Å². The van der Waals surface area contributed by atoms with E-state index in [0.29, 0.717) is 12.5 Å². The highest BCUT2D eigenvalue weighted by molar-refractivity contribution is 5.27. The Balaban J connectivity index is 1.69. The average molecular weight is 348 g/mol. The Bertz CT molecular complexity index is 479. The first-order valence-electron chi connectivity index (χ1n) is 8.38. The Kier molecular flexibility index (Phi) is 6.90. The molecule has 2 nitrogen and oxygen atoms in total. The fraction of sp³-hybridized carbons (Fsp3) is 0.667. The van der Waals surface area contributed by atoms with Crippen molar-refractivity contribution in [2.45, 2.75) is 51.6 Å². The third-order valence-corrected chi connectivity index (χ3v) is 4.46. The Morgan fingerprint density at radius 3 is 2.29 bits per heavy atom. The quantitative estimate of drug-likeness (QED) is 0.622. The van der Waals surface area contributed by atoms with Crippen molar-refractivity contribution >= 4 is 0 Å². The van der Waals surface area contributed by atoms with Crippen LogP contribution in [0.1, 0.15) is 38.2 Å². The van der Waals surface area contributed by atoms with Crippen LogP contribution >= 0.6 is 0 Å².